The highest BCUT2D eigenvalue weighted by molar-refractivity contribution is 5.19. The number of likely N-dealkylation sites (tertiary alicyclic amines) is 1. The maximum Gasteiger partial charge on any atom is 0.145 e. The molecule has 0 saturated carbocycles. The van der Waals surface area contributed by atoms with Crippen molar-refractivity contribution in [2.75, 3.05) is 13.1 Å². The van der Waals surface area contributed by atoms with Crippen LogP contribution in [0.1, 0.15) is 36.4 Å². The van der Waals surface area contributed by atoms with E-state index in [4.69, 9.17) is 0 Å². The monoisotopic (exact) mass is 287 g/mol. The zero-order valence-corrected chi connectivity index (χ0v) is 11.7. The minimum Gasteiger partial charge on any atom is -0.387 e. The van der Waals surface area contributed by atoms with Gasteiger partial charge in [-0.1, -0.05) is 12.1 Å². The van der Waals surface area contributed by atoms with Crippen LogP contribution in [0.4, 0.5) is 4.39 Å². The SMILES string of the molecule is OC(CN1CCCC1c1ncccn1)c1ccc(F)cc1. The van der Waals surface area contributed by atoms with Gasteiger partial charge in [0.25, 0.3) is 0 Å². The lowest BCUT2D eigenvalue weighted by atomic mass is 10.1. The molecule has 21 heavy (non-hydrogen) atoms. The van der Waals surface area contributed by atoms with Gasteiger partial charge >= 0.3 is 0 Å². The van der Waals surface area contributed by atoms with E-state index >= 15 is 0 Å². The van der Waals surface area contributed by atoms with Crippen LogP contribution in [0.3, 0.4) is 0 Å². The van der Waals surface area contributed by atoms with E-state index < -0.39 is 6.10 Å². The summed E-state index contributed by atoms with van der Waals surface area (Å²) in [5.41, 5.74) is 0.732. The van der Waals surface area contributed by atoms with Gasteiger partial charge in [-0.2, -0.15) is 0 Å². The van der Waals surface area contributed by atoms with Crippen molar-refractivity contribution in [3.05, 3.63) is 59.9 Å². The van der Waals surface area contributed by atoms with Gasteiger partial charge in [0.1, 0.15) is 11.6 Å². The largest absolute Gasteiger partial charge is 0.387 e. The van der Waals surface area contributed by atoms with Gasteiger partial charge in [0, 0.05) is 18.9 Å². The molecule has 0 spiro atoms. The second-order valence-corrected chi connectivity index (χ2v) is 5.33. The molecule has 1 aromatic carbocycles. The summed E-state index contributed by atoms with van der Waals surface area (Å²) in [6.45, 7) is 1.43. The Hall–Kier alpha value is -1.85. The number of hydrogen-bond donors (Lipinski definition) is 1. The van der Waals surface area contributed by atoms with Crippen LogP contribution in [-0.4, -0.2) is 33.1 Å². The number of rotatable bonds is 4. The van der Waals surface area contributed by atoms with E-state index in [0.29, 0.717) is 6.54 Å². The highest BCUT2D eigenvalue weighted by Crippen LogP contribution is 2.31. The molecule has 2 aromatic rings. The van der Waals surface area contributed by atoms with E-state index in [2.05, 4.69) is 14.9 Å². The molecular weight excluding hydrogens is 269 g/mol. The molecule has 3 rings (SSSR count). The summed E-state index contributed by atoms with van der Waals surface area (Å²) in [5, 5.41) is 10.3. The summed E-state index contributed by atoms with van der Waals surface area (Å²) < 4.78 is 12.9. The van der Waals surface area contributed by atoms with Gasteiger partial charge < -0.3 is 5.11 Å². The molecule has 2 heterocycles. The van der Waals surface area contributed by atoms with Crippen LogP contribution in [-0.2, 0) is 0 Å². The molecule has 1 saturated heterocycles. The third kappa shape index (κ3) is 3.25. The Morgan fingerprint density at radius 3 is 2.67 bits per heavy atom. The Morgan fingerprint density at radius 1 is 1.24 bits per heavy atom. The van der Waals surface area contributed by atoms with Crippen molar-refractivity contribution in [3.8, 4) is 0 Å². The summed E-state index contributed by atoms with van der Waals surface area (Å²) in [6, 6.07) is 7.96. The molecule has 110 valence electrons. The number of nitrogens with zero attached hydrogens (tertiary/aromatic N) is 3. The van der Waals surface area contributed by atoms with Gasteiger partial charge in [-0.3, -0.25) is 4.90 Å². The predicted octanol–water partition coefficient (Wildman–Crippen LogP) is 2.49. The summed E-state index contributed by atoms with van der Waals surface area (Å²) in [6.07, 6.45) is 4.93. The van der Waals surface area contributed by atoms with Crippen LogP contribution in [0.2, 0.25) is 0 Å². The van der Waals surface area contributed by atoms with E-state index in [-0.39, 0.29) is 11.9 Å². The fourth-order valence-electron chi connectivity index (χ4n) is 2.83. The molecule has 1 fully saturated rings. The van der Waals surface area contributed by atoms with Crippen molar-refractivity contribution >= 4 is 0 Å². The fourth-order valence-corrected chi connectivity index (χ4v) is 2.83. The summed E-state index contributed by atoms with van der Waals surface area (Å²) in [4.78, 5) is 10.8. The summed E-state index contributed by atoms with van der Waals surface area (Å²) in [5.74, 6) is 0.518. The maximum absolute atomic E-state index is 12.9. The molecule has 1 N–H and O–H groups in total. The van der Waals surface area contributed by atoms with E-state index in [1.54, 1.807) is 30.6 Å². The van der Waals surface area contributed by atoms with Crippen molar-refractivity contribution < 1.29 is 9.50 Å². The normalized spacial score (nSPS) is 20.6. The van der Waals surface area contributed by atoms with Gasteiger partial charge in [0.2, 0.25) is 0 Å². The average molecular weight is 287 g/mol. The third-order valence-electron chi connectivity index (χ3n) is 3.91. The van der Waals surface area contributed by atoms with E-state index in [9.17, 15) is 9.50 Å². The van der Waals surface area contributed by atoms with Crippen LogP contribution in [0.5, 0.6) is 0 Å². The molecule has 1 aliphatic rings. The first kappa shape index (κ1) is 14.1. The fraction of sp³-hybridized carbons (Fsp3) is 0.375. The number of aliphatic hydroxyl groups is 1. The van der Waals surface area contributed by atoms with Gasteiger partial charge in [-0.05, 0) is 43.1 Å². The predicted molar refractivity (Wildman–Crippen MR) is 76.9 cm³/mol. The van der Waals surface area contributed by atoms with Crippen molar-refractivity contribution in [2.45, 2.75) is 25.0 Å². The quantitative estimate of drug-likeness (QED) is 0.938. The maximum atomic E-state index is 12.9. The topological polar surface area (TPSA) is 49.2 Å². The molecule has 1 aromatic heterocycles. The van der Waals surface area contributed by atoms with E-state index in [1.807, 2.05) is 0 Å². The molecule has 0 bridgehead atoms. The Morgan fingerprint density at radius 2 is 1.95 bits per heavy atom. The Kier molecular flexibility index (Phi) is 4.22. The Bertz CT molecular complexity index is 576. The van der Waals surface area contributed by atoms with Crippen molar-refractivity contribution in [2.24, 2.45) is 0 Å². The molecule has 2 unspecified atom stereocenters. The van der Waals surface area contributed by atoms with E-state index in [1.165, 1.54) is 12.1 Å². The first-order valence-corrected chi connectivity index (χ1v) is 7.18. The number of halogens is 1. The van der Waals surface area contributed by atoms with Gasteiger partial charge in [-0.25, -0.2) is 14.4 Å². The van der Waals surface area contributed by atoms with Crippen LogP contribution in [0.25, 0.3) is 0 Å². The molecule has 5 heteroatoms. The molecule has 2 atom stereocenters. The minimum absolute atomic E-state index is 0.154. The molecular formula is C16H18FN3O. The van der Waals surface area contributed by atoms with Crippen molar-refractivity contribution in [1.82, 2.24) is 14.9 Å². The lowest BCUT2D eigenvalue weighted by molar-refractivity contribution is 0.104. The lowest BCUT2D eigenvalue weighted by Gasteiger charge is -2.25. The third-order valence-corrected chi connectivity index (χ3v) is 3.91. The number of hydrogen-bond acceptors (Lipinski definition) is 4. The summed E-state index contributed by atoms with van der Waals surface area (Å²) >= 11 is 0. The van der Waals surface area contributed by atoms with Crippen molar-refractivity contribution in [1.29, 1.82) is 0 Å². The molecule has 1 aliphatic heterocycles. The second-order valence-electron chi connectivity index (χ2n) is 5.33. The highest BCUT2D eigenvalue weighted by Gasteiger charge is 2.29. The van der Waals surface area contributed by atoms with Crippen LogP contribution in [0, 0.1) is 5.82 Å². The minimum atomic E-state index is -0.630. The number of β-amino-alcohol motifs (C(OH)–C–C–N with tert-alkyl or cyclic N) is 1. The lowest BCUT2D eigenvalue weighted by Crippen LogP contribution is -2.29. The second kappa shape index (κ2) is 6.28. The van der Waals surface area contributed by atoms with E-state index in [0.717, 1.165) is 30.8 Å². The molecule has 4 nitrogen and oxygen atoms in total. The number of aromatic nitrogens is 2. The highest BCUT2D eigenvalue weighted by atomic mass is 19.1. The first-order chi connectivity index (χ1) is 10.2. The Labute approximate surface area is 123 Å². The number of benzene rings is 1. The molecule has 0 aliphatic carbocycles. The van der Waals surface area contributed by atoms with Gasteiger partial charge in [-0.15, -0.1) is 0 Å². The van der Waals surface area contributed by atoms with Crippen LogP contribution >= 0.6 is 0 Å². The van der Waals surface area contributed by atoms with Crippen molar-refractivity contribution in [3.63, 3.8) is 0 Å². The van der Waals surface area contributed by atoms with Crippen LogP contribution < -0.4 is 0 Å². The summed E-state index contributed by atoms with van der Waals surface area (Å²) in [7, 11) is 0. The standard InChI is InChI=1S/C16H18FN3O/c17-13-6-4-12(5-7-13)15(21)11-20-10-1-3-14(20)16-18-8-2-9-19-16/h2,4-9,14-15,21H,1,3,10-11H2. The van der Waals surface area contributed by atoms with Gasteiger partial charge in [0.15, 0.2) is 0 Å². The molecule has 0 radical (unpaired) electrons. The molecule has 0 amide bonds. The Balaban J connectivity index is 1.70. The average Bonchev–Trinajstić information content (AvgIpc) is 2.97. The first-order valence-electron chi connectivity index (χ1n) is 7.18. The van der Waals surface area contributed by atoms with Gasteiger partial charge in [0.05, 0.1) is 12.1 Å². The smallest absolute Gasteiger partial charge is 0.145 e. The van der Waals surface area contributed by atoms with Crippen LogP contribution in [0.15, 0.2) is 42.7 Å². The zero-order chi connectivity index (χ0) is 14.7. The zero-order valence-electron chi connectivity index (χ0n) is 11.7. The number of aliphatic hydroxyl groups excluding tert-OH is 1.